The summed E-state index contributed by atoms with van der Waals surface area (Å²) in [4.78, 5) is 11.0. The normalized spacial score (nSPS) is 24.4. The van der Waals surface area contributed by atoms with Crippen molar-refractivity contribution in [2.75, 3.05) is 0 Å². The van der Waals surface area contributed by atoms with E-state index in [1.165, 1.54) is 18.5 Å². The highest BCUT2D eigenvalue weighted by Gasteiger charge is 2.39. The van der Waals surface area contributed by atoms with E-state index in [1.54, 1.807) is 4.57 Å². The van der Waals surface area contributed by atoms with Crippen molar-refractivity contribution in [2.45, 2.75) is 44.7 Å². The van der Waals surface area contributed by atoms with Gasteiger partial charge in [0.2, 0.25) is 0 Å². The van der Waals surface area contributed by atoms with Crippen molar-refractivity contribution in [2.24, 2.45) is 0 Å². The molecule has 1 saturated heterocycles. The van der Waals surface area contributed by atoms with E-state index in [1.807, 2.05) is 6.92 Å². The van der Waals surface area contributed by atoms with E-state index in [4.69, 9.17) is 4.74 Å². The van der Waals surface area contributed by atoms with E-state index in [-0.39, 0.29) is 17.8 Å². The maximum atomic E-state index is 12.2. The first-order valence-corrected chi connectivity index (χ1v) is 5.79. The van der Waals surface area contributed by atoms with E-state index in [2.05, 4.69) is 0 Å². The van der Waals surface area contributed by atoms with E-state index in [0.29, 0.717) is 6.54 Å². The van der Waals surface area contributed by atoms with Gasteiger partial charge in [-0.25, -0.2) is 0 Å². The van der Waals surface area contributed by atoms with Crippen LogP contribution in [0.5, 0.6) is 0 Å². The van der Waals surface area contributed by atoms with Crippen molar-refractivity contribution in [3.05, 3.63) is 24.0 Å². The Kier molecular flexibility index (Phi) is 3.47. The zero-order valence-corrected chi connectivity index (χ0v) is 9.91. The first-order chi connectivity index (χ1) is 8.36. The minimum atomic E-state index is -4.81. The predicted octanol–water partition coefficient (Wildman–Crippen LogP) is 2.80. The van der Waals surface area contributed by atoms with Crippen molar-refractivity contribution in [3.63, 3.8) is 0 Å². The predicted molar refractivity (Wildman–Crippen MR) is 58.4 cm³/mol. The Bertz CT molecular complexity index is 439. The minimum Gasteiger partial charge on any atom is -0.373 e. The zero-order chi connectivity index (χ0) is 13.3. The fourth-order valence-corrected chi connectivity index (χ4v) is 2.11. The second-order valence-corrected chi connectivity index (χ2v) is 4.57. The number of ether oxygens (including phenoxy) is 1. The van der Waals surface area contributed by atoms with Crippen LogP contribution >= 0.6 is 0 Å². The Morgan fingerprint density at radius 2 is 2.22 bits per heavy atom. The number of hydrogen-bond donors (Lipinski definition) is 0. The largest absolute Gasteiger partial charge is 0.454 e. The number of Topliss-reactive ketones (excluding diaryl/α,β-unsaturated/α-hetero) is 1. The Labute approximate surface area is 103 Å². The van der Waals surface area contributed by atoms with Gasteiger partial charge in [0, 0.05) is 24.5 Å². The number of hydrogen-bond acceptors (Lipinski definition) is 2. The summed E-state index contributed by atoms with van der Waals surface area (Å²) in [5.41, 5.74) is -0.325. The van der Waals surface area contributed by atoms with Crippen LogP contribution in [-0.2, 0) is 11.3 Å². The lowest BCUT2D eigenvalue weighted by Crippen LogP contribution is -2.22. The number of rotatable bonds is 3. The maximum Gasteiger partial charge on any atom is 0.454 e. The molecule has 1 fully saturated rings. The smallest absolute Gasteiger partial charge is 0.373 e. The Hall–Kier alpha value is -1.30. The monoisotopic (exact) mass is 261 g/mol. The SMILES string of the molecule is CC1CCC(Cn2ccc(C(=O)C(F)(F)F)c2)O1. The van der Waals surface area contributed by atoms with Gasteiger partial charge in [0.1, 0.15) is 0 Å². The summed E-state index contributed by atoms with van der Waals surface area (Å²) in [6, 6.07) is 1.19. The topological polar surface area (TPSA) is 31.2 Å². The summed E-state index contributed by atoms with van der Waals surface area (Å²) in [7, 11) is 0. The van der Waals surface area contributed by atoms with Crippen LogP contribution in [0.15, 0.2) is 18.5 Å². The third-order valence-corrected chi connectivity index (χ3v) is 3.00. The summed E-state index contributed by atoms with van der Waals surface area (Å²) >= 11 is 0. The van der Waals surface area contributed by atoms with Crippen molar-refractivity contribution >= 4 is 5.78 Å². The molecule has 2 atom stereocenters. The van der Waals surface area contributed by atoms with E-state index < -0.39 is 12.0 Å². The van der Waals surface area contributed by atoms with E-state index in [0.717, 1.165) is 12.8 Å². The van der Waals surface area contributed by atoms with Crippen LogP contribution in [-0.4, -0.2) is 28.7 Å². The van der Waals surface area contributed by atoms with Crippen molar-refractivity contribution < 1.29 is 22.7 Å². The third-order valence-electron chi connectivity index (χ3n) is 3.00. The van der Waals surface area contributed by atoms with Gasteiger partial charge in [0.05, 0.1) is 12.2 Å². The van der Waals surface area contributed by atoms with Crippen molar-refractivity contribution in [3.8, 4) is 0 Å². The van der Waals surface area contributed by atoms with Gasteiger partial charge in [-0.15, -0.1) is 0 Å². The summed E-state index contributed by atoms with van der Waals surface area (Å²) in [6.45, 7) is 2.45. The quantitative estimate of drug-likeness (QED) is 0.783. The fraction of sp³-hybridized carbons (Fsp3) is 0.583. The van der Waals surface area contributed by atoms with Crippen molar-refractivity contribution in [1.82, 2.24) is 4.57 Å². The van der Waals surface area contributed by atoms with Crippen LogP contribution in [0.2, 0.25) is 0 Å². The Balaban J connectivity index is 2.00. The van der Waals surface area contributed by atoms with Gasteiger partial charge in [0.15, 0.2) is 0 Å². The molecule has 0 amide bonds. The number of nitrogens with zero attached hydrogens (tertiary/aromatic N) is 1. The molecule has 1 aliphatic rings. The maximum absolute atomic E-state index is 12.2. The van der Waals surface area contributed by atoms with Gasteiger partial charge in [-0.3, -0.25) is 4.79 Å². The Morgan fingerprint density at radius 1 is 1.50 bits per heavy atom. The number of alkyl halides is 3. The summed E-state index contributed by atoms with van der Waals surface area (Å²) in [6.07, 6.45) is -0.0525. The number of carbonyl (C=O) groups excluding carboxylic acids is 1. The van der Waals surface area contributed by atoms with Crippen LogP contribution in [0.4, 0.5) is 13.2 Å². The summed E-state index contributed by atoms with van der Waals surface area (Å²) in [5, 5.41) is 0. The summed E-state index contributed by atoms with van der Waals surface area (Å²) in [5.74, 6) is -1.80. The number of carbonyl (C=O) groups is 1. The number of ketones is 1. The molecule has 0 saturated carbocycles. The molecule has 18 heavy (non-hydrogen) atoms. The second kappa shape index (κ2) is 4.76. The fourth-order valence-electron chi connectivity index (χ4n) is 2.11. The average Bonchev–Trinajstić information content (AvgIpc) is 2.86. The first-order valence-electron chi connectivity index (χ1n) is 5.79. The lowest BCUT2D eigenvalue weighted by Gasteiger charge is -2.11. The van der Waals surface area contributed by atoms with Gasteiger partial charge < -0.3 is 9.30 Å². The van der Waals surface area contributed by atoms with Crippen LogP contribution in [0.3, 0.4) is 0 Å². The third kappa shape index (κ3) is 2.93. The lowest BCUT2D eigenvalue weighted by atomic mass is 10.2. The van der Waals surface area contributed by atoms with Gasteiger partial charge in [0.25, 0.3) is 5.78 Å². The molecule has 1 aromatic rings. The highest BCUT2D eigenvalue weighted by molar-refractivity contribution is 6.00. The molecular weight excluding hydrogens is 247 g/mol. The minimum absolute atomic E-state index is 0.0150. The molecule has 3 nitrogen and oxygen atoms in total. The molecule has 0 bridgehead atoms. The van der Waals surface area contributed by atoms with Crippen LogP contribution < -0.4 is 0 Å². The van der Waals surface area contributed by atoms with Gasteiger partial charge >= 0.3 is 6.18 Å². The van der Waals surface area contributed by atoms with Gasteiger partial charge in [-0.05, 0) is 25.8 Å². The zero-order valence-electron chi connectivity index (χ0n) is 9.91. The number of halogens is 3. The molecule has 0 spiro atoms. The molecular formula is C12H14F3NO2. The van der Waals surface area contributed by atoms with E-state index in [9.17, 15) is 18.0 Å². The Morgan fingerprint density at radius 3 is 2.78 bits per heavy atom. The molecule has 0 N–H and O–H groups in total. The van der Waals surface area contributed by atoms with Gasteiger partial charge in [-0.2, -0.15) is 13.2 Å². The van der Waals surface area contributed by atoms with E-state index >= 15 is 0 Å². The first kappa shape index (κ1) is 13.1. The van der Waals surface area contributed by atoms with Gasteiger partial charge in [-0.1, -0.05) is 0 Å². The molecule has 2 rings (SSSR count). The standard InChI is InChI=1S/C12H14F3NO2/c1-8-2-3-10(18-8)7-16-5-4-9(6-16)11(17)12(13,14)15/h4-6,8,10H,2-3,7H2,1H3. The molecule has 1 aliphatic heterocycles. The highest BCUT2D eigenvalue weighted by Crippen LogP contribution is 2.23. The summed E-state index contributed by atoms with van der Waals surface area (Å²) < 4.78 is 43.8. The lowest BCUT2D eigenvalue weighted by molar-refractivity contribution is -0.0885. The average molecular weight is 261 g/mol. The van der Waals surface area contributed by atoms with Crippen molar-refractivity contribution in [1.29, 1.82) is 0 Å². The molecule has 6 heteroatoms. The highest BCUT2D eigenvalue weighted by atomic mass is 19.4. The number of aromatic nitrogens is 1. The second-order valence-electron chi connectivity index (χ2n) is 4.57. The van der Waals surface area contributed by atoms with Crippen LogP contribution in [0.1, 0.15) is 30.1 Å². The molecule has 0 aromatic carbocycles. The van der Waals surface area contributed by atoms with Crippen LogP contribution in [0.25, 0.3) is 0 Å². The van der Waals surface area contributed by atoms with Crippen LogP contribution in [0, 0.1) is 0 Å². The molecule has 2 unspecified atom stereocenters. The molecule has 2 heterocycles. The molecule has 1 aromatic heterocycles. The molecule has 0 aliphatic carbocycles. The molecule has 0 radical (unpaired) electrons. The molecule has 100 valence electrons.